The summed E-state index contributed by atoms with van der Waals surface area (Å²) in [5.41, 5.74) is 3.67. The molecule has 18 heavy (non-hydrogen) atoms. The zero-order valence-corrected chi connectivity index (χ0v) is 9.96. The van der Waals surface area contributed by atoms with Gasteiger partial charge in [-0.1, -0.05) is 11.8 Å². The second-order valence-corrected chi connectivity index (χ2v) is 4.70. The highest BCUT2D eigenvalue weighted by molar-refractivity contribution is 7.99. The van der Waals surface area contributed by atoms with Crippen LogP contribution in [-0.4, -0.2) is 42.7 Å². The van der Waals surface area contributed by atoms with Crippen molar-refractivity contribution in [2.45, 2.75) is 11.2 Å². The van der Waals surface area contributed by atoms with Crippen molar-refractivity contribution in [1.82, 2.24) is 19.9 Å². The second kappa shape index (κ2) is 4.30. The van der Waals surface area contributed by atoms with E-state index in [1.165, 1.54) is 11.8 Å². The van der Waals surface area contributed by atoms with Gasteiger partial charge in [-0.3, -0.25) is 4.98 Å². The van der Waals surface area contributed by atoms with Crippen molar-refractivity contribution in [2.24, 2.45) is 0 Å². The number of hydrogen-bond acceptors (Lipinski definition) is 6. The molecule has 0 spiro atoms. The Kier molecular flexibility index (Phi) is 2.63. The number of thioether (sulfide) groups is 1. The number of carboxylic acid groups (broad SMARTS) is 1. The topological polar surface area (TPSA) is 92.9 Å². The van der Waals surface area contributed by atoms with Gasteiger partial charge < -0.3 is 10.5 Å². The largest absolute Gasteiger partial charge is 0.480 e. The van der Waals surface area contributed by atoms with Crippen LogP contribution < -0.4 is 5.43 Å². The van der Waals surface area contributed by atoms with Crippen molar-refractivity contribution in [3.8, 4) is 11.4 Å². The van der Waals surface area contributed by atoms with E-state index >= 15 is 0 Å². The number of aliphatic carboxylic acids is 1. The molecule has 0 aromatic carbocycles. The number of nitrogens with one attached hydrogen (secondary N) is 1. The minimum Gasteiger partial charge on any atom is -0.480 e. The molecule has 1 aliphatic heterocycles. The molecule has 2 N–H and O–H groups in total. The van der Waals surface area contributed by atoms with Crippen LogP contribution in [0.1, 0.15) is 0 Å². The van der Waals surface area contributed by atoms with Gasteiger partial charge in [0.25, 0.3) is 0 Å². The summed E-state index contributed by atoms with van der Waals surface area (Å²) in [6, 6.07) is 3.00. The molecule has 0 bridgehead atoms. The molecule has 3 rings (SSSR count). The summed E-state index contributed by atoms with van der Waals surface area (Å²) in [6.45, 7) is 0. The highest BCUT2D eigenvalue weighted by Crippen LogP contribution is 2.26. The van der Waals surface area contributed by atoms with Gasteiger partial charge in [-0.25, -0.2) is 9.47 Å². The number of hydrogen-bond donors (Lipinski definition) is 2. The average molecular weight is 263 g/mol. The lowest BCUT2D eigenvalue weighted by atomic mass is 10.3. The van der Waals surface area contributed by atoms with E-state index in [9.17, 15) is 4.79 Å². The molecule has 1 atom stereocenters. The number of fused-ring (bicyclic) bond motifs is 1. The van der Waals surface area contributed by atoms with Crippen LogP contribution in [0.3, 0.4) is 0 Å². The third-order valence-corrected chi connectivity index (χ3v) is 3.54. The fourth-order valence-electron chi connectivity index (χ4n) is 1.64. The SMILES string of the molecule is O=C(O)C1CSc2nnc(-c3cccnc3)n2N1. The summed E-state index contributed by atoms with van der Waals surface area (Å²) in [6.07, 6.45) is 3.33. The molecule has 0 radical (unpaired) electrons. The van der Waals surface area contributed by atoms with Gasteiger partial charge in [-0.05, 0) is 12.1 Å². The summed E-state index contributed by atoms with van der Waals surface area (Å²) < 4.78 is 1.60. The molecule has 2 aromatic heterocycles. The van der Waals surface area contributed by atoms with Gasteiger partial charge in [-0.15, -0.1) is 10.2 Å². The van der Waals surface area contributed by atoms with E-state index in [2.05, 4.69) is 20.6 Å². The highest BCUT2D eigenvalue weighted by atomic mass is 32.2. The lowest BCUT2D eigenvalue weighted by Gasteiger charge is -2.22. The Hall–Kier alpha value is -2.09. The standard InChI is InChI=1S/C10H9N5O2S/c16-9(17)7-5-18-10-13-12-8(15(10)14-7)6-2-1-3-11-4-6/h1-4,7,14H,5H2,(H,16,17). The van der Waals surface area contributed by atoms with Crippen LogP contribution in [0.15, 0.2) is 29.7 Å². The minimum absolute atomic E-state index is 0.431. The maximum Gasteiger partial charge on any atom is 0.328 e. The summed E-state index contributed by atoms with van der Waals surface area (Å²) >= 11 is 1.37. The molecule has 1 aliphatic rings. The van der Waals surface area contributed by atoms with E-state index in [1.54, 1.807) is 23.1 Å². The Balaban J connectivity index is 2.00. The molecular weight excluding hydrogens is 254 g/mol. The Morgan fingerprint density at radius 1 is 1.56 bits per heavy atom. The Morgan fingerprint density at radius 2 is 2.44 bits per heavy atom. The fourth-order valence-corrected chi connectivity index (χ4v) is 2.54. The molecule has 7 nitrogen and oxygen atoms in total. The minimum atomic E-state index is -0.890. The molecule has 1 unspecified atom stereocenters. The lowest BCUT2D eigenvalue weighted by molar-refractivity contribution is -0.137. The van der Waals surface area contributed by atoms with Gasteiger partial charge in [0.15, 0.2) is 5.82 Å². The van der Waals surface area contributed by atoms with Gasteiger partial charge in [0.2, 0.25) is 5.16 Å². The van der Waals surface area contributed by atoms with E-state index in [4.69, 9.17) is 5.11 Å². The number of pyridine rings is 1. The molecule has 0 amide bonds. The molecule has 92 valence electrons. The van der Waals surface area contributed by atoms with Crippen LogP contribution in [0.25, 0.3) is 11.4 Å². The van der Waals surface area contributed by atoms with Gasteiger partial charge in [0.05, 0.1) is 0 Å². The average Bonchev–Trinajstić information content (AvgIpc) is 2.82. The van der Waals surface area contributed by atoms with Crippen LogP contribution in [0.4, 0.5) is 0 Å². The van der Waals surface area contributed by atoms with Crippen molar-refractivity contribution in [3.05, 3.63) is 24.5 Å². The van der Waals surface area contributed by atoms with Gasteiger partial charge in [-0.2, -0.15) is 0 Å². The smallest absolute Gasteiger partial charge is 0.328 e. The normalized spacial score (nSPS) is 17.9. The summed E-state index contributed by atoms with van der Waals surface area (Å²) in [5, 5.41) is 17.8. The predicted molar refractivity (Wildman–Crippen MR) is 64.8 cm³/mol. The zero-order valence-electron chi connectivity index (χ0n) is 9.15. The molecular formula is C10H9N5O2S. The number of carboxylic acids is 1. The first-order valence-corrected chi connectivity index (χ1v) is 6.22. The van der Waals surface area contributed by atoms with E-state index < -0.39 is 12.0 Å². The predicted octanol–water partition coefficient (Wildman–Crippen LogP) is 0.442. The highest BCUT2D eigenvalue weighted by Gasteiger charge is 2.27. The molecule has 3 heterocycles. The van der Waals surface area contributed by atoms with Crippen LogP contribution in [0.5, 0.6) is 0 Å². The summed E-state index contributed by atoms with van der Waals surface area (Å²) in [4.78, 5) is 15.0. The number of aromatic nitrogens is 4. The summed E-state index contributed by atoms with van der Waals surface area (Å²) in [5.74, 6) is 0.107. The van der Waals surface area contributed by atoms with Crippen molar-refractivity contribution in [2.75, 3.05) is 11.2 Å². The van der Waals surface area contributed by atoms with Crippen molar-refractivity contribution < 1.29 is 9.90 Å². The molecule has 0 saturated carbocycles. The van der Waals surface area contributed by atoms with E-state index in [0.717, 1.165) is 5.56 Å². The summed E-state index contributed by atoms with van der Waals surface area (Å²) in [7, 11) is 0. The lowest BCUT2D eigenvalue weighted by Crippen LogP contribution is -2.40. The quantitative estimate of drug-likeness (QED) is 0.812. The molecule has 0 aliphatic carbocycles. The molecule has 8 heteroatoms. The fraction of sp³-hybridized carbons (Fsp3) is 0.200. The molecule has 2 aromatic rings. The third kappa shape index (κ3) is 1.80. The van der Waals surface area contributed by atoms with Crippen LogP contribution in [0, 0.1) is 0 Å². The molecule has 0 fully saturated rings. The third-order valence-electron chi connectivity index (χ3n) is 2.52. The van der Waals surface area contributed by atoms with Crippen molar-refractivity contribution in [1.29, 1.82) is 0 Å². The second-order valence-electron chi connectivity index (χ2n) is 3.71. The van der Waals surface area contributed by atoms with Gasteiger partial charge in [0, 0.05) is 23.7 Å². The first-order valence-electron chi connectivity index (χ1n) is 5.23. The zero-order chi connectivity index (χ0) is 12.5. The van der Waals surface area contributed by atoms with Crippen LogP contribution in [0.2, 0.25) is 0 Å². The Labute approximate surface area is 106 Å². The molecule has 0 saturated heterocycles. The van der Waals surface area contributed by atoms with Crippen LogP contribution in [-0.2, 0) is 4.79 Å². The number of rotatable bonds is 2. The first kappa shape index (κ1) is 11.0. The Morgan fingerprint density at radius 3 is 3.17 bits per heavy atom. The van der Waals surface area contributed by atoms with E-state index in [-0.39, 0.29) is 0 Å². The maximum atomic E-state index is 11.0. The van der Waals surface area contributed by atoms with Crippen LogP contribution >= 0.6 is 11.8 Å². The van der Waals surface area contributed by atoms with E-state index in [0.29, 0.717) is 16.7 Å². The first-order chi connectivity index (χ1) is 8.75. The van der Waals surface area contributed by atoms with Gasteiger partial charge in [0.1, 0.15) is 6.04 Å². The maximum absolute atomic E-state index is 11.0. The van der Waals surface area contributed by atoms with Crippen molar-refractivity contribution >= 4 is 17.7 Å². The monoisotopic (exact) mass is 263 g/mol. The number of nitrogens with zero attached hydrogens (tertiary/aromatic N) is 4. The Bertz CT molecular complexity index is 585. The van der Waals surface area contributed by atoms with E-state index in [1.807, 2.05) is 6.07 Å². The van der Waals surface area contributed by atoms with Crippen molar-refractivity contribution in [3.63, 3.8) is 0 Å². The number of carbonyl (C=O) groups is 1. The van der Waals surface area contributed by atoms with Gasteiger partial charge >= 0.3 is 5.97 Å².